The Hall–Kier alpha value is -2.77. The van der Waals surface area contributed by atoms with Crippen molar-refractivity contribution in [2.75, 3.05) is 27.3 Å². The van der Waals surface area contributed by atoms with Crippen LogP contribution in [0.3, 0.4) is 0 Å². The molecule has 1 spiro atoms. The average Bonchev–Trinajstić information content (AvgIpc) is 3.43. The second-order valence-corrected chi connectivity index (χ2v) is 10.9. The van der Waals surface area contributed by atoms with E-state index in [1.54, 1.807) is 19.1 Å². The fourth-order valence-corrected chi connectivity index (χ4v) is 6.05. The number of ether oxygens (including phenoxy) is 2. The van der Waals surface area contributed by atoms with E-state index in [2.05, 4.69) is 26.1 Å². The second kappa shape index (κ2) is 9.70. The van der Waals surface area contributed by atoms with Crippen molar-refractivity contribution in [1.29, 1.82) is 0 Å². The number of nitrogens with one attached hydrogen (secondary N) is 1. The Balaban J connectivity index is 1.45. The lowest BCUT2D eigenvalue weighted by Gasteiger charge is -2.42. The fraction of sp³-hybridized carbons (Fsp3) is 0.667. The van der Waals surface area contributed by atoms with Crippen molar-refractivity contribution in [3.8, 4) is 11.5 Å². The van der Waals surface area contributed by atoms with E-state index in [-0.39, 0.29) is 29.8 Å². The van der Waals surface area contributed by atoms with E-state index in [4.69, 9.17) is 9.47 Å². The summed E-state index contributed by atoms with van der Waals surface area (Å²) in [5.41, 5.74) is 0.266. The van der Waals surface area contributed by atoms with Crippen molar-refractivity contribution in [1.82, 2.24) is 15.1 Å². The number of carbonyl (C=O) groups is 3. The van der Waals surface area contributed by atoms with Crippen molar-refractivity contribution >= 4 is 17.8 Å². The Kier molecular flexibility index (Phi) is 7.02. The number of benzene rings is 1. The molecular weight excluding hydrogens is 446 g/mol. The Bertz CT molecular complexity index is 983. The third kappa shape index (κ3) is 4.59. The molecule has 0 radical (unpaired) electrons. The predicted molar refractivity (Wildman–Crippen MR) is 132 cm³/mol. The van der Waals surface area contributed by atoms with Gasteiger partial charge in [0, 0.05) is 18.2 Å². The molecular formula is C27H39N3O5. The van der Waals surface area contributed by atoms with Gasteiger partial charge in [0.15, 0.2) is 0 Å². The van der Waals surface area contributed by atoms with Crippen LogP contribution in [0.1, 0.15) is 77.3 Å². The molecule has 1 atom stereocenters. The maximum absolute atomic E-state index is 13.4. The van der Waals surface area contributed by atoms with E-state index in [0.717, 1.165) is 42.6 Å². The van der Waals surface area contributed by atoms with Crippen molar-refractivity contribution in [3.63, 3.8) is 0 Å². The lowest BCUT2D eigenvalue weighted by molar-refractivity contribution is -0.140. The van der Waals surface area contributed by atoms with E-state index in [9.17, 15) is 14.4 Å². The molecule has 1 aromatic rings. The maximum atomic E-state index is 13.4. The van der Waals surface area contributed by atoms with Crippen LogP contribution in [0.2, 0.25) is 0 Å². The summed E-state index contributed by atoms with van der Waals surface area (Å²) in [6.07, 6.45) is 5.80. The van der Waals surface area contributed by atoms with Gasteiger partial charge in [0.25, 0.3) is 5.91 Å². The lowest BCUT2D eigenvalue weighted by Crippen LogP contribution is -2.51. The highest BCUT2D eigenvalue weighted by atomic mass is 16.5. The smallest absolute Gasteiger partial charge is 0.325 e. The van der Waals surface area contributed by atoms with E-state index < -0.39 is 11.6 Å². The highest BCUT2D eigenvalue weighted by molar-refractivity contribution is 6.09. The fourth-order valence-electron chi connectivity index (χ4n) is 6.05. The molecule has 2 saturated heterocycles. The minimum Gasteiger partial charge on any atom is -0.497 e. The highest BCUT2D eigenvalue weighted by Crippen LogP contribution is 2.45. The highest BCUT2D eigenvalue weighted by Gasteiger charge is 2.54. The molecule has 1 N–H and O–H groups in total. The molecule has 3 fully saturated rings. The Morgan fingerprint density at radius 3 is 2.49 bits per heavy atom. The van der Waals surface area contributed by atoms with Crippen LogP contribution in [0.5, 0.6) is 11.5 Å². The molecule has 1 saturated carbocycles. The van der Waals surface area contributed by atoms with Gasteiger partial charge < -0.3 is 19.7 Å². The number of nitrogens with zero attached hydrogens (tertiary/aromatic N) is 2. The first kappa shape index (κ1) is 25.3. The Morgan fingerprint density at radius 1 is 1.14 bits per heavy atom. The number of methoxy groups -OCH3 is 2. The number of amides is 4. The summed E-state index contributed by atoms with van der Waals surface area (Å²) in [5, 5.41) is 2.96. The van der Waals surface area contributed by atoms with Crippen LogP contribution < -0.4 is 14.8 Å². The topological polar surface area (TPSA) is 88.2 Å². The molecule has 3 aliphatic rings. The number of hydrogen-bond donors (Lipinski definition) is 1. The zero-order valence-corrected chi connectivity index (χ0v) is 21.7. The van der Waals surface area contributed by atoms with Gasteiger partial charge in [-0.05, 0) is 62.0 Å². The summed E-state index contributed by atoms with van der Waals surface area (Å²) >= 11 is 0. The summed E-state index contributed by atoms with van der Waals surface area (Å²) in [4.78, 5) is 42.6. The Morgan fingerprint density at radius 2 is 1.86 bits per heavy atom. The molecule has 4 amide bonds. The van der Waals surface area contributed by atoms with Gasteiger partial charge in [-0.15, -0.1) is 0 Å². The van der Waals surface area contributed by atoms with Crippen LogP contribution in [-0.2, 0) is 9.59 Å². The van der Waals surface area contributed by atoms with Crippen LogP contribution in [0, 0.1) is 11.3 Å². The number of likely N-dealkylation sites (tertiary alicyclic amines) is 1. The van der Waals surface area contributed by atoms with Gasteiger partial charge in [-0.25, -0.2) is 4.79 Å². The van der Waals surface area contributed by atoms with Gasteiger partial charge in [-0.1, -0.05) is 27.2 Å². The largest absolute Gasteiger partial charge is 0.497 e. The number of carbonyl (C=O) groups excluding carboxylic acids is 3. The summed E-state index contributed by atoms with van der Waals surface area (Å²) in [6.45, 7) is 7.11. The van der Waals surface area contributed by atoms with Crippen LogP contribution in [-0.4, -0.2) is 60.5 Å². The molecule has 2 aliphatic heterocycles. The summed E-state index contributed by atoms with van der Waals surface area (Å²) in [7, 11) is 3.20. The van der Waals surface area contributed by atoms with Crippen LogP contribution in [0.25, 0.3) is 0 Å². The zero-order valence-electron chi connectivity index (χ0n) is 21.7. The molecule has 35 heavy (non-hydrogen) atoms. The minimum atomic E-state index is -0.860. The number of urea groups is 1. The van der Waals surface area contributed by atoms with Crippen LogP contribution in [0.4, 0.5) is 4.79 Å². The molecule has 0 aromatic heterocycles. The first-order valence-electron chi connectivity index (χ1n) is 12.8. The lowest BCUT2D eigenvalue weighted by atomic mass is 9.65. The van der Waals surface area contributed by atoms with Gasteiger partial charge in [-0.3, -0.25) is 14.5 Å². The van der Waals surface area contributed by atoms with Gasteiger partial charge in [0.2, 0.25) is 5.91 Å². The monoisotopic (exact) mass is 485 g/mol. The first-order chi connectivity index (χ1) is 16.7. The number of imide groups is 1. The number of rotatable bonds is 7. The summed E-state index contributed by atoms with van der Waals surface area (Å²) in [6, 6.07) is 4.98. The second-order valence-electron chi connectivity index (χ2n) is 10.9. The minimum absolute atomic E-state index is 0.162. The van der Waals surface area contributed by atoms with E-state index in [1.165, 1.54) is 0 Å². The number of hydrogen-bond acceptors (Lipinski definition) is 5. The summed E-state index contributed by atoms with van der Waals surface area (Å²) in [5.74, 6) is 1.41. The molecule has 8 nitrogen and oxygen atoms in total. The van der Waals surface area contributed by atoms with Gasteiger partial charge in [0.1, 0.15) is 23.6 Å². The zero-order chi connectivity index (χ0) is 25.4. The van der Waals surface area contributed by atoms with Gasteiger partial charge in [-0.2, -0.15) is 0 Å². The predicted octanol–water partition coefficient (Wildman–Crippen LogP) is 4.28. The van der Waals surface area contributed by atoms with Crippen molar-refractivity contribution in [2.24, 2.45) is 11.3 Å². The average molecular weight is 486 g/mol. The quantitative estimate of drug-likeness (QED) is 0.583. The van der Waals surface area contributed by atoms with E-state index >= 15 is 0 Å². The molecule has 0 bridgehead atoms. The third-order valence-electron chi connectivity index (χ3n) is 8.77. The molecule has 1 unspecified atom stereocenters. The van der Waals surface area contributed by atoms with Crippen LogP contribution >= 0.6 is 0 Å². The Labute approximate surface area is 208 Å². The molecule has 4 rings (SSSR count). The van der Waals surface area contributed by atoms with Crippen molar-refractivity contribution in [3.05, 3.63) is 23.8 Å². The third-order valence-corrected chi connectivity index (χ3v) is 8.77. The van der Waals surface area contributed by atoms with Crippen molar-refractivity contribution in [2.45, 2.75) is 77.3 Å². The van der Waals surface area contributed by atoms with Gasteiger partial charge in [0.05, 0.1) is 20.3 Å². The van der Waals surface area contributed by atoms with E-state index in [1.807, 2.05) is 18.2 Å². The SMILES string of the molecule is CCC(C)(C)C1CCC2(CC1)NC(=O)N(CC(=O)N1CCCC1c1ccc(OC)cc1OC)C2=O. The summed E-state index contributed by atoms with van der Waals surface area (Å²) < 4.78 is 10.9. The first-order valence-corrected chi connectivity index (χ1v) is 12.8. The molecule has 1 aromatic carbocycles. The molecule has 1 aliphatic carbocycles. The normalized spacial score (nSPS) is 26.9. The van der Waals surface area contributed by atoms with Crippen LogP contribution in [0.15, 0.2) is 18.2 Å². The van der Waals surface area contributed by atoms with Gasteiger partial charge >= 0.3 is 6.03 Å². The van der Waals surface area contributed by atoms with Crippen molar-refractivity contribution < 1.29 is 23.9 Å². The molecule has 8 heteroatoms. The molecule has 192 valence electrons. The van der Waals surface area contributed by atoms with E-state index in [0.29, 0.717) is 36.8 Å². The standard InChI is InChI=1S/C27H39N3O5/c1-6-26(2,3)18-11-13-27(14-12-18)24(32)30(25(33)28-27)17-23(31)29-15-7-8-21(29)20-10-9-19(34-4)16-22(20)35-5/h9-10,16,18,21H,6-8,11-15,17H2,1-5H3,(H,28,33). The molecule has 2 heterocycles. The maximum Gasteiger partial charge on any atom is 0.325 e.